The van der Waals surface area contributed by atoms with Crippen molar-refractivity contribution in [3.63, 3.8) is 0 Å². The summed E-state index contributed by atoms with van der Waals surface area (Å²) >= 11 is 0. The molecule has 0 aliphatic rings. The molecule has 1 atom stereocenters. The Kier molecular flexibility index (Phi) is 32.6. The summed E-state index contributed by atoms with van der Waals surface area (Å²) in [7, 11) is 0. The van der Waals surface area contributed by atoms with Gasteiger partial charge in [0.2, 0.25) is 0 Å². The Labute approximate surface area is 265 Å². The van der Waals surface area contributed by atoms with Crippen molar-refractivity contribution in [3.8, 4) is 0 Å². The Bertz CT molecular complexity index is 737. The third kappa shape index (κ3) is 32.6. The number of ether oxygens (including phenoxy) is 2. The summed E-state index contributed by atoms with van der Waals surface area (Å²) < 4.78 is 10.5. The average Bonchev–Trinajstić information content (AvgIpc) is 3.01. The first-order valence-corrected chi connectivity index (χ1v) is 17.7. The molecule has 0 fully saturated rings. The maximum atomic E-state index is 12.1. The van der Waals surface area contributed by atoms with E-state index in [4.69, 9.17) is 9.47 Å². The molecule has 0 unspecified atom stereocenters. The molecule has 0 saturated heterocycles. The van der Waals surface area contributed by atoms with E-state index in [1.807, 2.05) is 0 Å². The highest BCUT2D eigenvalue weighted by Crippen LogP contribution is 2.11. The topological polar surface area (TPSA) is 72.8 Å². The summed E-state index contributed by atoms with van der Waals surface area (Å²) in [4.78, 5) is 24.1. The summed E-state index contributed by atoms with van der Waals surface area (Å²) in [6.45, 7) is 4.04. The van der Waals surface area contributed by atoms with Crippen molar-refractivity contribution in [3.05, 3.63) is 48.6 Å². The molecule has 0 aliphatic heterocycles. The molecule has 0 rings (SSSR count). The fourth-order valence-corrected chi connectivity index (χ4v) is 4.61. The van der Waals surface area contributed by atoms with Gasteiger partial charge in [0.05, 0.1) is 6.61 Å². The predicted octanol–water partition coefficient (Wildman–Crippen LogP) is 10.7. The lowest BCUT2D eigenvalue weighted by molar-refractivity contribution is -0.161. The van der Waals surface area contributed by atoms with Crippen LogP contribution in [0.4, 0.5) is 0 Å². The predicted molar refractivity (Wildman–Crippen MR) is 182 cm³/mol. The standard InChI is InChI=1S/C38H66O5/c1-3-5-7-9-11-13-15-17-18-19-20-21-23-25-27-29-31-33-38(41)43-36(34-39)35-42-37(40)32-30-28-26-24-22-16-14-12-10-8-6-4-2/h11-14,17-18,20-21,36,39H,3-10,15-16,19,22-35H2,1-2H3/b13-11+,14-12+,18-17+,21-20+/t36-/m0/s1. The van der Waals surface area contributed by atoms with E-state index < -0.39 is 6.10 Å². The molecule has 0 saturated carbocycles. The van der Waals surface area contributed by atoms with E-state index in [0.29, 0.717) is 12.8 Å². The molecule has 5 nitrogen and oxygen atoms in total. The fourth-order valence-electron chi connectivity index (χ4n) is 4.61. The number of unbranched alkanes of at least 4 members (excludes halogenated alkanes) is 15. The summed E-state index contributed by atoms with van der Waals surface area (Å²) in [6.07, 6.45) is 41.6. The number of allylic oxidation sites excluding steroid dienone is 8. The van der Waals surface area contributed by atoms with Gasteiger partial charge in [-0.1, -0.05) is 120 Å². The fraction of sp³-hybridized carbons (Fsp3) is 0.737. The van der Waals surface area contributed by atoms with E-state index in [2.05, 4.69) is 62.5 Å². The van der Waals surface area contributed by atoms with Crippen LogP contribution in [0.1, 0.15) is 162 Å². The maximum absolute atomic E-state index is 12.1. The molecule has 0 aliphatic carbocycles. The Morgan fingerprint density at radius 1 is 0.535 bits per heavy atom. The second-order valence-electron chi connectivity index (χ2n) is 11.6. The SMILES string of the molecule is CCCCC/C=C/C/C=C/C/C=C/CCCCCCC(=O)O[C@@H](CO)COC(=O)CCCCCCC/C=C/CCCCC. The van der Waals surface area contributed by atoms with Crippen LogP contribution < -0.4 is 0 Å². The zero-order valence-corrected chi connectivity index (χ0v) is 28.0. The van der Waals surface area contributed by atoms with Gasteiger partial charge in [-0.05, 0) is 77.0 Å². The number of rotatable bonds is 31. The minimum Gasteiger partial charge on any atom is -0.462 e. The minimum atomic E-state index is -0.785. The highest BCUT2D eigenvalue weighted by Gasteiger charge is 2.16. The van der Waals surface area contributed by atoms with E-state index in [0.717, 1.165) is 70.6 Å². The van der Waals surface area contributed by atoms with Crippen LogP contribution in [-0.4, -0.2) is 36.4 Å². The number of hydrogen-bond acceptors (Lipinski definition) is 5. The monoisotopic (exact) mass is 602 g/mol. The Morgan fingerprint density at radius 2 is 0.930 bits per heavy atom. The van der Waals surface area contributed by atoms with Crippen LogP contribution in [0, 0.1) is 0 Å². The number of carbonyl (C=O) groups is 2. The van der Waals surface area contributed by atoms with Gasteiger partial charge in [-0.15, -0.1) is 0 Å². The number of hydrogen-bond donors (Lipinski definition) is 1. The molecule has 0 aromatic rings. The first kappa shape index (κ1) is 40.9. The van der Waals surface area contributed by atoms with Gasteiger partial charge >= 0.3 is 11.9 Å². The maximum Gasteiger partial charge on any atom is 0.306 e. The van der Waals surface area contributed by atoms with Crippen molar-refractivity contribution in [1.29, 1.82) is 0 Å². The minimum absolute atomic E-state index is 0.0804. The molecular weight excluding hydrogens is 536 g/mol. The second-order valence-corrected chi connectivity index (χ2v) is 11.6. The van der Waals surface area contributed by atoms with E-state index in [9.17, 15) is 14.7 Å². The molecule has 0 spiro atoms. The van der Waals surface area contributed by atoms with Gasteiger partial charge in [-0.3, -0.25) is 9.59 Å². The summed E-state index contributed by atoms with van der Waals surface area (Å²) in [5, 5.41) is 9.51. The van der Waals surface area contributed by atoms with Crippen LogP contribution in [-0.2, 0) is 19.1 Å². The highest BCUT2D eigenvalue weighted by atomic mass is 16.6. The van der Waals surface area contributed by atoms with Crippen LogP contribution in [0.2, 0.25) is 0 Å². The first-order chi connectivity index (χ1) is 21.1. The Balaban J connectivity index is 3.66. The van der Waals surface area contributed by atoms with Crippen LogP contribution in [0.25, 0.3) is 0 Å². The molecule has 0 bridgehead atoms. The highest BCUT2D eigenvalue weighted by molar-refractivity contribution is 5.70. The lowest BCUT2D eigenvalue weighted by Crippen LogP contribution is -2.28. The molecule has 0 radical (unpaired) electrons. The Hall–Kier alpha value is -2.14. The molecule has 1 N–H and O–H groups in total. The molecule has 5 heteroatoms. The molecule has 0 aromatic carbocycles. The number of aliphatic hydroxyl groups is 1. The van der Waals surface area contributed by atoms with Crippen molar-refractivity contribution in [2.75, 3.05) is 13.2 Å². The van der Waals surface area contributed by atoms with Gasteiger partial charge in [-0.2, -0.15) is 0 Å². The molecule has 0 amide bonds. The third-order valence-electron chi connectivity index (χ3n) is 7.35. The second kappa shape index (κ2) is 34.4. The van der Waals surface area contributed by atoms with Crippen molar-refractivity contribution in [2.45, 2.75) is 168 Å². The Morgan fingerprint density at radius 3 is 1.42 bits per heavy atom. The van der Waals surface area contributed by atoms with Gasteiger partial charge in [-0.25, -0.2) is 0 Å². The van der Waals surface area contributed by atoms with Gasteiger partial charge < -0.3 is 14.6 Å². The third-order valence-corrected chi connectivity index (χ3v) is 7.35. The molecule has 0 aromatic heterocycles. The summed E-state index contributed by atoms with van der Waals surface area (Å²) in [5.74, 6) is -0.631. The van der Waals surface area contributed by atoms with Gasteiger partial charge in [0.1, 0.15) is 6.61 Å². The summed E-state index contributed by atoms with van der Waals surface area (Å²) in [6, 6.07) is 0. The van der Waals surface area contributed by atoms with Crippen LogP contribution in [0.3, 0.4) is 0 Å². The van der Waals surface area contributed by atoms with E-state index in [1.165, 1.54) is 64.2 Å². The van der Waals surface area contributed by atoms with Gasteiger partial charge in [0.15, 0.2) is 6.10 Å². The largest absolute Gasteiger partial charge is 0.462 e. The van der Waals surface area contributed by atoms with Crippen LogP contribution >= 0.6 is 0 Å². The van der Waals surface area contributed by atoms with Gasteiger partial charge in [0.25, 0.3) is 0 Å². The normalized spacial score (nSPS) is 12.7. The quantitative estimate of drug-likeness (QED) is 0.0485. The average molecular weight is 603 g/mol. The van der Waals surface area contributed by atoms with Crippen molar-refractivity contribution in [1.82, 2.24) is 0 Å². The zero-order chi connectivity index (χ0) is 31.5. The lowest BCUT2D eigenvalue weighted by atomic mass is 10.1. The number of esters is 2. The molecular formula is C38H66O5. The molecule has 248 valence electrons. The molecule has 0 heterocycles. The smallest absolute Gasteiger partial charge is 0.306 e. The lowest BCUT2D eigenvalue weighted by Gasteiger charge is -2.15. The van der Waals surface area contributed by atoms with E-state index in [-0.39, 0.29) is 25.2 Å². The summed E-state index contributed by atoms with van der Waals surface area (Å²) in [5.41, 5.74) is 0. The van der Waals surface area contributed by atoms with Crippen LogP contribution in [0.5, 0.6) is 0 Å². The van der Waals surface area contributed by atoms with Crippen LogP contribution in [0.15, 0.2) is 48.6 Å². The molecule has 43 heavy (non-hydrogen) atoms. The van der Waals surface area contributed by atoms with E-state index in [1.54, 1.807) is 0 Å². The van der Waals surface area contributed by atoms with Crippen molar-refractivity contribution in [2.24, 2.45) is 0 Å². The number of carbonyl (C=O) groups excluding carboxylic acids is 2. The van der Waals surface area contributed by atoms with Crippen molar-refractivity contribution >= 4 is 11.9 Å². The van der Waals surface area contributed by atoms with Gasteiger partial charge in [0, 0.05) is 12.8 Å². The van der Waals surface area contributed by atoms with Crippen molar-refractivity contribution < 1.29 is 24.2 Å². The number of aliphatic hydroxyl groups excluding tert-OH is 1. The zero-order valence-electron chi connectivity index (χ0n) is 28.0. The first-order valence-electron chi connectivity index (χ1n) is 17.7. The van der Waals surface area contributed by atoms with E-state index >= 15 is 0 Å².